The van der Waals surface area contributed by atoms with E-state index in [2.05, 4.69) is 19.6 Å². The number of carboxylic acid groups (broad SMARTS) is 1. The van der Waals surface area contributed by atoms with Crippen molar-refractivity contribution >= 4 is 46.3 Å². The van der Waals surface area contributed by atoms with E-state index in [9.17, 15) is 22.8 Å². The molecule has 1 unspecified atom stereocenters. The molecule has 3 rings (SSSR count). The number of alkyl halides is 3. The molecular formula is C21H23F3O6S3. The maximum Gasteiger partial charge on any atom is 0.522 e. The molecule has 2 aromatic carbocycles. The van der Waals surface area contributed by atoms with Gasteiger partial charge in [0.25, 0.3) is 0 Å². The molecule has 0 aromatic heterocycles. The molecule has 182 valence electrons. The average molecular weight is 525 g/mol. The van der Waals surface area contributed by atoms with Crippen molar-refractivity contribution in [1.29, 1.82) is 0 Å². The van der Waals surface area contributed by atoms with Crippen LogP contribution in [0.2, 0.25) is 0 Å². The lowest BCUT2D eigenvalue weighted by Gasteiger charge is -2.18. The summed E-state index contributed by atoms with van der Waals surface area (Å²) in [7, 11) is -5.84. The van der Waals surface area contributed by atoms with Gasteiger partial charge in [0.1, 0.15) is 0 Å². The molecule has 2 aromatic rings. The summed E-state index contributed by atoms with van der Waals surface area (Å²) in [6, 6.07) is 17.6. The van der Waals surface area contributed by atoms with Gasteiger partial charge in [0.05, 0.1) is 0 Å². The van der Waals surface area contributed by atoms with Crippen molar-refractivity contribution in [1.82, 2.24) is 0 Å². The number of thioether (sulfide) groups is 1. The highest BCUT2D eigenvalue weighted by molar-refractivity contribution is 8.00. The number of aliphatic carboxylic acids is 1. The molecule has 0 aliphatic carbocycles. The Morgan fingerprint density at radius 2 is 1.61 bits per heavy atom. The molecule has 1 heterocycles. The molecule has 0 saturated heterocycles. The van der Waals surface area contributed by atoms with E-state index in [-0.39, 0.29) is 5.78 Å². The number of carbonyl (C=O) groups excluding carboxylic acids is 1. The van der Waals surface area contributed by atoms with Gasteiger partial charge in [-0.15, -0.1) is 24.4 Å². The summed E-state index contributed by atoms with van der Waals surface area (Å²) in [6.07, 6.45) is 3.24. The fraction of sp³-hybridized carbons (Fsp3) is 0.238. The van der Waals surface area contributed by atoms with E-state index in [0.29, 0.717) is 11.7 Å². The molecule has 0 radical (unpaired) electrons. The minimum absolute atomic E-state index is 0.289. The number of carbonyl (C=O) groups is 2. The van der Waals surface area contributed by atoms with Gasteiger partial charge < -0.3 is 5.11 Å². The topological polar surface area (TPSA) is 109 Å². The van der Waals surface area contributed by atoms with Gasteiger partial charge in [0, 0.05) is 33.1 Å². The number of ketones is 1. The van der Waals surface area contributed by atoms with Crippen LogP contribution in [0.25, 0.3) is 0 Å². The van der Waals surface area contributed by atoms with Gasteiger partial charge in [-0.25, -0.2) is 4.79 Å². The van der Waals surface area contributed by atoms with Gasteiger partial charge in [0.15, 0.2) is 5.78 Å². The maximum atomic E-state index is 11.5. The van der Waals surface area contributed by atoms with Gasteiger partial charge in [-0.2, -0.15) is 21.6 Å². The van der Waals surface area contributed by atoms with Crippen molar-refractivity contribution in [2.75, 3.05) is 0 Å². The molecule has 12 heteroatoms. The minimum atomic E-state index is -5.84. The molecule has 0 fully saturated rings. The third-order valence-corrected chi connectivity index (χ3v) is 5.41. The number of rotatable bonds is 1. The highest BCUT2D eigenvalue weighted by Gasteiger charge is 2.44. The summed E-state index contributed by atoms with van der Waals surface area (Å²) in [4.78, 5) is 23.2. The Balaban J connectivity index is 0.000000433. The highest BCUT2D eigenvalue weighted by atomic mass is 32.2. The van der Waals surface area contributed by atoms with Crippen LogP contribution in [0.4, 0.5) is 13.2 Å². The number of Topliss-reactive ketones (excluding diaryl/α,β-unsaturated/α-hetero) is 1. The van der Waals surface area contributed by atoms with E-state index in [1.54, 1.807) is 18.7 Å². The van der Waals surface area contributed by atoms with Crippen LogP contribution in [-0.2, 0) is 14.9 Å². The van der Waals surface area contributed by atoms with Crippen molar-refractivity contribution in [3.8, 4) is 0 Å². The molecule has 6 nitrogen and oxygen atoms in total. The number of hydrogen-bond acceptors (Lipinski definition) is 6. The van der Waals surface area contributed by atoms with Crippen LogP contribution in [0.1, 0.15) is 30.6 Å². The lowest BCUT2D eigenvalue weighted by Crippen LogP contribution is -2.21. The fourth-order valence-corrected chi connectivity index (χ4v) is 3.31. The van der Waals surface area contributed by atoms with Crippen molar-refractivity contribution in [2.45, 2.75) is 40.8 Å². The first-order valence-corrected chi connectivity index (χ1v) is 11.9. The van der Waals surface area contributed by atoms with Crippen molar-refractivity contribution in [2.24, 2.45) is 0 Å². The van der Waals surface area contributed by atoms with E-state index in [1.807, 2.05) is 54.6 Å². The fourth-order valence-electron chi connectivity index (χ4n) is 2.00. The lowest BCUT2D eigenvalue weighted by atomic mass is 10.1. The number of fused-ring (bicyclic) bond motifs is 1. The number of carboxylic acids is 1. The summed E-state index contributed by atoms with van der Waals surface area (Å²) in [5.41, 5.74) is -4.63. The zero-order valence-corrected chi connectivity index (χ0v) is 20.1. The highest BCUT2D eigenvalue weighted by Crippen LogP contribution is 2.34. The number of benzene rings is 2. The van der Waals surface area contributed by atoms with Crippen LogP contribution >= 0.6 is 24.4 Å². The smallest absolute Gasteiger partial charge is 0.478 e. The van der Waals surface area contributed by atoms with E-state index in [1.165, 1.54) is 6.08 Å². The molecule has 0 bridgehead atoms. The van der Waals surface area contributed by atoms with Gasteiger partial charge >= 0.3 is 21.6 Å². The zero-order chi connectivity index (χ0) is 25.7. The van der Waals surface area contributed by atoms with Crippen LogP contribution in [0.5, 0.6) is 0 Å². The largest absolute Gasteiger partial charge is 0.522 e. The van der Waals surface area contributed by atoms with Crippen LogP contribution < -0.4 is 0 Å². The second-order valence-corrected chi connectivity index (χ2v) is 9.56. The molecule has 1 atom stereocenters. The van der Waals surface area contributed by atoms with Crippen LogP contribution in [0, 0.1) is 0 Å². The van der Waals surface area contributed by atoms with E-state index >= 15 is 0 Å². The third kappa shape index (κ3) is 13.8. The molecule has 0 amide bonds. The molecule has 33 heavy (non-hydrogen) atoms. The van der Waals surface area contributed by atoms with Crippen LogP contribution in [0.3, 0.4) is 0 Å². The lowest BCUT2D eigenvalue weighted by molar-refractivity contribution is -0.131. The first kappa shape index (κ1) is 30.7. The minimum Gasteiger partial charge on any atom is -0.478 e. The first-order valence-electron chi connectivity index (χ1n) is 9.11. The normalized spacial score (nSPS) is 15.0. The molecule has 2 N–H and O–H groups in total. The number of thiol groups is 1. The Morgan fingerprint density at radius 3 is 1.97 bits per heavy atom. The van der Waals surface area contributed by atoms with Gasteiger partial charge in [-0.3, -0.25) is 9.35 Å². The molecule has 0 saturated carbocycles. The molecule has 0 spiro atoms. The summed E-state index contributed by atoms with van der Waals surface area (Å²) < 4.78 is 57.5. The zero-order valence-electron chi connectivity index (χ0n) is 17.6. The molecular weight excluding hydrogens is 501 g/mol. The van der Waals surface area contributed by atoms with E-state index in [0.717, 1.165) is 21.4 Å². The Bertz CT molecular complexity index is 1020. The first-order chi connectivity index (χ1) is 15.2. The van der Waals surface area contributed by atoms with Gasteiger partial charge in [-0.1, -0.05) is 49.4 Å². The summed E-state index contributed by atoms with van der Waals surface area (Å²) in [5.74, 6) is -0.602. The monoisotopic (exact) mass is 524 g/mol. The Morgan fingerprint density at radius 1 is 1.12 bits per heavy atom. The summed E-state index contributed by atoms with van der Waals surface area (Å²) in [5, 5.41) is 8.26. The van der Waals surface area contributed by atoms with Gasteiger partial charge in [-0.05, 0) is 25.1 Å². The van der Waals surface area contributed by atoms with Gasteiger partial charge in [0.2, 0.25) is 0 Å². The maximum absolute atomic E-state index is 11.5. The molecule has 1 aliphatic heterocycles. The average Bonchev–Trinajstić information content (AvgIpc) is 2.68. The van der Waals surface area contributed by atoms with Crippen molar-refractivity contribution in [3.05, 3.63) is 72.3 Å². The summed E-state index contributed by atoms with van der Waals surface area (Å²) >= 11 is 5.88. The van der Waals surface area contributed by atoms with Crippen molar-refractivity contribution in [3.63, 3.8) is 0 Å². The molecule has 1 aliphatic rings. The van der Waals surface area contributed by atoms with Crippen LogP contribution in [-0.4, -0.2) is 40.6 Å². The summed E-state index contributed by atoms with van der Waals surface area (Å²) in [6.45, 7) is 3.76. The Labute approximate surface area is 200 Å². The predicted molar refractivity (Wildman–Crippen MR) is 124 cm³/mol. The van der Waals surface area contributed by atoms with Crippen LogP contribution in [0.15, 0.2) is 76.5 Å². The Hall–Kier alpha value is -2.28. The van der Waals surface area contributed by atoms with E-state index < -0.39 is 21.6 Å². The van der Waals surface area contributed by atoms with Crippen molar-refractivity contribution < 1.29 is 40.8 Å². The second kappa shape index (κ2) is 14.8. The number of allylic oxidation sites excluding steroid dienone is 1. The second-order valence-electron chi connectivity index (χ2n) is 6.15. The van der Waals surface area contributed by atoms with E-state index in [4.69, 9.17) is 18.1 Å². The Kier molecular flexibility index (Phi) is 13.8. The quantitative estimate of drug-likeness (QED) is 0.188. The predicted octanol–water partition coefficient (Wildman–Crippen LogP) is 5.77. The standard InChI is InChI=1S/C10H10OS.C6H6S.C4H6O2.CHF3O3S/c1-7-6-9(11)8-4-2-3-5-10(8)12-7;7-6-4-2-1-3-5-6;1-2-3-4(5)6;2-1(3,4)8(5,6)7/h2-5,7H,6H2,1H3;1-5,7H;2-3H,1H3,(H,5,6);(H,5,6,7)/b;;3-2+;. The third-order valence-electron chi connectivity index (χ3n) is 3.35. The number of hydrogen-bond donors (Lipinski definition) is 3. The SMILES string of the molecule is C/C=C/C(=O)O.CC1CC(=O)c2ccccc2S1.O=S(=O)(O)C(F)(F)F.Sc1ccccc1. The number of halogens is 3.